The van der Waals surface area contributed by atoms with E-state index in [-0.39, 0.29) is 38.9 Å². The summed E-state index contributed by atoms with van der Waals surface area (Å²) in [5, 5.41) is 11.9. The number of ether oxygens (including phenoxy) is 10. The highest BCUT2D eigenvalue weighted by atomic mass is 16.8. The molecular weight excluding hydrogens is 1020 g/mol. The zero-order valence-electron chi connectivity index (χ0n) is 41.8. The first-order chi connectivity index (χ1) is 38.5. The number of hydrogen-bond donors (Lipinski definition) is 1. The van der Waals surface area contributed by atoms with Gasteiger partial charge in [-0.05, 0) is 84.9 Å². The van der Waals surface area contributed by atoms with Crippen LogP contribution in [0.5, 0.6) is 0 Å². The van der Waals surface area contributed by atoms with Crippen LogP contribution in [0.2, 0.25) is 0 Å². The summed E-state index contributed by atoms with van der Waals surface area (Å²) < 4.78 is 62.0. The van der Waals surface area contributed by atoms with Crippen LogP contribution >= 0.6 is 0 Å². The second-order valence-corrected chi connectivity index (χ2v) is 17.8. The molecule has 2 aliphatic rings. The van der Waals surface area contributed by atoms with Gasteiger partial charge in [-0.3, -0.25) is 0 Å². The van der Waals surface area contributed by atoms with E-state index in [2.05, 4.69) is 0 Å². The Kier molecular flexibility index (Phi) is 18.0. The van der Waals surface area contributed by atoms with Gasteiger partial charge in [0.15, 0.2) is 43.1 Å². The minimum Gasteiger partial charge on any atom is -0.459 e. The Bertz CT molecular complexity index is 3170. The minimum atomic E-state index is -2.12. The third-order valence-corrected chi connectivity index (χ3v) is 12.5. The summed E-state index contributed by atoms with van der Waals surface area (Å²) in [6, 6.07) is 54.1. The number of aliphatic hydroxyl groups excluding tert-OH is 1. The maximum absolute atomic E-state index is 14.5. The van der Waals surface area contributed by atoms with Gasteiger partial charge in [-0.2, -0.15) is 0 Å². The predicted molar refractivity (Wildman–Crippen MR) is 276 cm³/mol. The van der Waals surface area contributed by atoms with E-state index in [1.807, 2.05) is 0 Å². The highest BCUT2D eigenvalue weighted by Gasteiger charge is 2.58. The van der Waals surface area contributed by atoms with E-state index < -0.39 is 116 Å². The number of esters is 7. The number of carbonyl (C=O) groups is 7. The van der Waals surface area contributed by atoms with Crippen molar-refractivity contribution in [1.29, 1.82) is 0 Å². The van der Waals surface area contributed by atoms with Crippen molar-refractivity contribution in [3.8, 4) is 0 Å². The molecule has 0 amide bonds. The number of rotatable bonds is 18. The first-order valence-corrected chi connectivity index (χ1v) is 24.9. The van der Waals surface area contributed by atoms with Gasteiger partial charge in [0.05, 0.1) is 38.9 Å². The van der Waals surface area contributed by atoms with Crippen molar-refractivity contribution < 1.29 is 86.0 Å². The Labute approximate surface area is 452 Å². The van der Waals surface area contributed by atoms with Crippen molar-refractivity contribution >= 4 is 41.8 Å². The second kappa shape index (κ2) is 26.1. The molecule has 0 radical (unpaired) electrons. The Morgan fingerprint density at radius 3 is 0.886 bits per heavy atom. The summed E-state index contributed by atoms with van der Waals surface area (Å²) in [5.74, 6) is -6.72. The molecular formula is C61H50O18. The lowest BCUT2D eigenvalue weighted by molar-refractivity contribution is -0.352. The summed E-state index contributed by atoms with van der Waals surface area (Å²) in [6.07, 6.45) is -19.0. The van der Waals surface area contributed by atoms with Gasteiger partial charge in [0, 0.05) is 0 Å². The first kappa shape index (κ1) is 54.5. The number of carbonyl (C=O) groups excluding carboxylic acids is 7. The third-order valence-electron chi connectivity index (χ3n) is 12.5. The smallest absolute Gasteiger partial charge is 0.338 e. The third kappa shape index (κ3) is 13.8. The summed E-state index contributed by atoms with van der Waals surface area (Å²) in [7, 11) is 0. The van der Waals surface area contributed by atoms with Crippen LogP contribution in [0.4, 0.5) is 0 Å². The second-order valence-electron chi connectivity index (χ2n) is 17.8. The van der Waals surface area contributed by atoms with E-state index in [1.54, 1.807) is 127 Å². The molecule has 2 aliphatic heterocycles. The highest BCUT2D eigenvalue weighted by molar-refractivity contribution is 5.93. The van der Waals surface area contributed by atoms with Gasteiger partial charge in [0.1, 0.15) is 31.5 Å². The monoisotopic (exact) mass is 1070 g/mol. The zero-order chi connectivity index (χ0) is 55.1. The fourth-order valence-corrected chi connectivity index (χ4v) is 8.59. The molecule has 2 heterocycles. The first-order valence-electron chi connectivity index (χ1n) is 24.9. The molecule has 1 N–H and O–H groups in total. The topological polar surface area (TPSA) is 232 Å². The Morgan fingerprint density at radius 1 is 0.304 bits per heavy atom. The summed E-state index contributed by atoms with van der Waals surface area (Å²) >= 11 is 0. The quantitative estimate of drug-likeness (QED) is 0.0642. The maximum Gasteiger partial charge on any atom is 0.338 e. The Balaban J connectivity index is 1.18. The fourth-order valence-electron chi connectivity index (χ4n) is 8.59. The largest absolute Gasteiger partial charge is 0.459 e. The van der Waals surface area contributed by atoms with E-state index in [9.17, 15) is 38.7 Å². The van der Waals surface area contributed by atoms with Crippen LogP contribution < -0.4 is 0 Å². The van der Waals surface area contributed by atoms with Crippen LogP contribution in [0.15, 0.2) is 212 Å². The van der Waals surface area contributed by atoms with E-state index in [4.69, 9.17) is 47.4 Å². The molecule has 7 aromatic rings. The lowest BCUT2D eigenvalue weighted by atomic mass is 9.95. The van der Waals surface area contributed by atoms with Crippen LogP contribution in [-0.4, -0.2) is 122 Å². The van der Waals surface area contributed by atoms with Crippen molar-refractivity contribution in [1.82, 2.24) is 0 Å². The molecule has 18 heteroatoms. The molecule has 5 unspecified atom stereocenters. The van der Waals surface area contributed by atoms with Crippen LogP contribution in [0.25, 0.3) is 0 Å². The lowest BCUT2D eigenvalue weighted by Gasteiger charge is -2.48. The number of hydrogen-bond acceptors (Lipinski definition) is 18. The van der Waals surface area contributed by atoms with Crippen molar-refractivity contribution in [2.75, 3.05) is 13.2 Å². The van der Waals surface area contributed by atoms with Crippen LogP contribution in [-0.2, 0) is 47.4 Å². The summed E-state index contributed by atoms with van der Waals surface area (Å²) in [6.45, 7) is -1.50. The summed E-state index contributed by atoms with van der Waals surface area (Å²) in [5.41, 5.74) is 0.298. The molecule has 0 spiro atoms. The predicted octanol–water partition coefficient (Wildman–Crippen LogP) is 7.66. The lowest BCUT2D eigenvalue weighted by Crippen LogP contribution is -2.67. The molecule has 79 heavy (non-hydrogen) atoms. The number of aliphatic hydroxyl groups is 1. The average Bonchev–Trinajstić information content (AvgIpc) is 3.51. The SMILES string of the molecule is O=C(OCC1O[C@@H](O)C(OC(=O)c2ccccc2)C(OC(=O)c2ccccc2)[C@@H]1O[C@@H]1OC(COC(=O)c2ccccc2)[C@H](OC(=O)c2ccccc2)[C@@H](OC(=O)c2ccccc2)C1OC(=O)c1ccccc1)c1ccccc1. The molecule has 402 valence electrons. The van der Waals surface area contributed by atoms with Crippen molar-refractivity contribution in [3.05, 3.63) is 251 Å². The zero-order valence-corrected chi connectivity index (χ0v) is 41.8. The molecule has 0 aliphatic carbocycles. The van der Waals surface area contributed by atoms with Gasteiger partial charge in [0.25, 0.3) is 0 Å². The Hall–Kier alpha value is -9.33. The van der Waals surface area contributed by atoms with Crippen molar-refractivity contribution in [2.45, 2.75) is 61.4 Å². The molecule has 18 nitrogen and oxygen atoms in total. The van der Waals surface area contributed by atoms with E-state index >= 15 is 0 Å². The molecule has 7 aromatic carbocycles. The Morgan fingerprint density at radius 2 is 0.557 bits per heavy atom. The molecule has 0 aromatic heterocycles. The highest BCUT2D eigenvalue weighted by Crippen LogP contribution is 2.36. The van der Waals surface area contributed by atoms with Crippen LogP contribution in [0.1, 0.15) is 72.5 Å². The fraction of sp³-hybridized carbons (Fsp3) is 0.197. The van der Waals surface area contributed by atoms with Gasteiger partial charge < -0.3 is 52.5 Å². The molecule has 10 atom stereocenters. The molecule has 2 fully saturated rings. The molecule has 9 rings (SSSR count). The minimum absolute atomic E-state index is 0.00210. The van der Waals surface area contributed by atoms with Gasteiger partial charge in [-0.1, -0.05) is 127 Å². The van der Waals surface area contributed by atoms with Gasteiger partial charge in [-0.15, -0.1) is 0 Å². The van der Waals surface area contributed by atoms with Crippen LogP contribution in [0.3, 0.4) is 0 Å². The van der Waals surface area contributed by atoms with Crippen molar-refractivity contribution in [2.24, 2.45) is 0 Å². The molecule has 0 saturated carbocycles. The van der Waals surface area contributed by atoms with E-state index in [0.717, 1.165) is 0 Å². The van der Waals surface area contributed by atoms with Gasteiger partial charge in [0.2, 0.25) is 0 Å². The normalized spacial score (nSPS) is 22.4. The van der Waals surface area contributed by atoms with Crippen molar-refractivity contribution in [3.63, 3.8) is 0 Å². The van der Waals surface area contributed by atoms with Gasteiger partial charge >= 0.3 is 41.8 Å². The standard InChI is InChI=1S/C61H50O18/c62-53(38-22-8-1-9-23-38)70-36-45-48(49(75-56(65)41-28-14-4-15-29-41)51(60(69)72-45)77-58(67)43-32-18-6-19-33-43)79-61-52(78-59(68)44-34-20-7-21-35-44)50(76-57(66)42-30-16-5-17-31-42)47(74-55(64)40-26-12-3-13-27-40)46(73-61)37-71-54(63)39-24-10-2-11-25-39/h1-35,45-52,60-61,69H,36-37H2/t45?,46?,47-,48+,49?,50+,51?,52?,60+,61-/m0/s1. The average molecular weight is 1070 g/mol. The van der Waals surface area contributed by atoms with Gasteiger partial charge in [-0.25, -0.2) is 33.6 Å². The molecule has 0 bridgehead atoms. The maximum atomic E-state index is 14.5. The number of benzene rings is 7. The van der Waals surface area contributed by atoms with Crippen LogP contribution in [0, 0.1) is 0 Å². The summed E-state index contributed by atoms with van der Waals surface area (Å²) in [4.78, 5) is 98.6. The molecule has 2 saturated heterocycles. The van der Waals surface area contributed by atoms with E-state index in [0.29, 0.717) is 0 Å². The van der Waals surface area contributed by atoms with E-state index in [1.165, 1.54) is 84.9 Å².